The summed E-state index contributed by atoms with van der Waals surface area (Å²) < 4.78 is 18.2. The molecule has 0 fully saturated rings. The van der Waals surface area contributed by atoms with E-state index in [4.69, 9.17) is 4.74 Å². The molecule has 0 atom stereocenters. The fourth-order valence-electron chi connectivity index (χ4n) is 1.75. The van der Waals surface area contributed by atoms with Crippen LogP contribution in [0.25, 0.3) is 0 Å². The van der Waals surface area contributed by atoms with Gasteiger partial charge in [0, 0.05) is 5.92 Å². The van der Waals surface area contributed by atoms with Gasteiger partial charge in [-0.15, -0.1) is 0 Å². The molecule has 0 aromatic heterocycles. The number of rotatable bonds is 5. The lowest BCUT2D eigenvalue weighted by Gasteiger charge is -2.13. The Kier molecular flexibility index (Phi) is 4.47. The number of methoxy groups -OCH3 is 1. The van der Waals surface area contributed by atoms with Crippen molar-refractivity contribution in [2.24, 2.45) is 5.92 Å². The zero-order valence-corrected chi connectivity index (χ0v) is 9.92. The van der Waals surface area contributed by atoms with Crippen LogP contribution in [0, 0.1) is 11.7 Å². The van der Waals surface area contributed by atoms with Gasteiger partial charge >= 0.3 is 0 Å². The Bertz CT molecular complexity index is 370. The largest absolute Gasteiger partial charge is 0.496 e. The van der Waals surface area contributed by atoms with E-state index in [1.807, 2.05) is 13.8 Å². The van der Waals surface area contributed by atoms with Gasteiger partial charge < -0.3 is 4.74 Å². The van der Waals surface area contributed by atoms with Gasteiger partial charge in [-0.2, -0.15) is 0 Å². The van der Waals surface area contributed by atoms with Gasteiger partial charge in [0.15, 0.2) is 5.78 Å². The molecule has 0 aliphatic carbocycles. The topological polar surface area (TPSA) is 26.3 Å². The summed E-state index contributed by atoms with van der Waals surface area (Å²) >= 11 is 0. The molecule has 0 N–H and O–H groups in total. The molecule has 0 amide bonds. The minimum atomic E-state index is -0.407. The third kappa shape index (κ3) is 2.60. The first-order valence-corrected chi connectivity index (χ1v) is 5.51. The Morgan fingerprint density at radius 2 is 2.00 bits per heavy atom. The summed E-state index contributed by atoms with van der Waals surface area (Å²) in [5.41, 5.74) is 0.344. The van der Waals surface area contributed by atoms with Crippen LogP contribution in [-0.2, 0) is 0 Å². The number of benzene rings is 1. The molecule has 3 heteroatoms. The molecule has 1 aromatic carbocycles. The van der Waals surface area contributed by atoms with E-state index in [-0.39, 0.29) is 11.7 Å². The molecular formula is C13H17FO2. The van der Waals surface area contributed by atoms with Crippen molar-refractivity contribution in [1.82, 2.24) is 0 Å². The maximum Gasteiger partial charge on any atom is 0.169 e. The second-order valence-corrected chi connectivity index (χ2v) is 3.72. The predicted octanol–water partition coefficient (Wildman–Crippen LogP) is 3.45. The molecule has 0 radical (unpaired) electrons. The van der Waals surface area contributed by atoms with Crippen LogP contribution in [0.1, 0.15) is 37.0 Å². The second kappa shape index (κ2) is 5.64. The van der Waals surface area contributed by atoms with Gasteiger partial charge in [-0.05, 0) is 31.0 Å². The van der Waals surface area contributed by atoms with E-state index in [1.165, 1.54) is 25.3 Å². The van der Waals surface area contributed by atoms with Gasteiger partial charge in [0.1, 0.15) is 11.6 Å². The van der Waals surface area contributed by atoms with Crippen LogP contribution in [0.2, 0.25) is 0 Å². The van der Waals surface area contributed by atoms with Crippen LogP contribution < -0.4 is 4.74 Å². The fourth-order valence-corrected chi connectivity index (χ4v) is 1.75. The van der Waals surface area contributed by atoms with Gasteiger partial charge in [0.05, 0.1) is 12.7 Å². The molecule has 0 aliphatic rings. The Morgan fingerprint density at radius 1 is 1.38 bits per heavy atom. The lowest BCUT2D eigenvalue weighted by Crippen LogP contribution is -2.14. The van der Waals surface area contributed by atoms with Crippen molar-refractivity contribution in [3.05, 3.63) is 29.6 Å². The van der Waals surface area contributed by atoms with Crippen molar-refractivity contribution in [2.45, 2.75) is 26.7 Å². The summed E-state index contributed by atoms with van der Waals surface area (Å²) in [7, 11) is 1.48. The van der Waals surface area contributed by atoms with E-state index in [1.54, 1.807) is 0 Å². The summed E-state index contributed by atoms with van der Waals surface area (Å²) in [6.45, 7) is 3.91. The standard InChI is InChI=1S/C13H17FO2/c1-4-9(5-2)13(15)11-8-10(14)6-7-12(11)16-3/h6-9H,4-5H2,1-3H3. The lowest BCUT2D eigenvalue weighted by molar-refractivity contribution is 0.0910. The van der Waals surface area contributed by atoms with Gasteiger partial charge in [0.2, 0.25) is 0 Å². The Morgan fingerprint density at radius 3 is 2.50 bits per heavy atom. The number of carbonyl (C=O) groups excluding carboxylic acids is 1. The van der Waals surface area contributed by atoms with Crippen LogP contribution in [-0.4, -0.2) is 12.9 Å². The van der Waals surface area contributed by atoms with Crippen molar-refractivity contribution in [1.29, 1.82) is 0 Å². The zero-order chi connectivity index (χ0) is 12.1. The second-order valence-electron chi connectivity index (χ2n) is 3.72. The van der Waals surface area contributed by atoms with Crippen LogP contribution in [0.3, 0.4) is 0 Å². The summed E-state index contributed by atoms with van der Waals surface area (Å²) in [6.07, 6.45) is 1.52. The maximum atomic E-state index is 13.1. The van der Waals surface area contributed by atoms with Gasteiger partial charge in [0.25, 0.3) is 0 Å². The first-order valence-electron chi connectivity index (χ1n) is 5.51. The van der Waals surface area contributed by atoms with Crippen LogP contribution >= 0.6 is 0 Å². The van der Waals surface area contributed by atoms with E-state index in [0.29, 0.717) is 11.3 Å². The molecular weight excluding hydrogens is 207 g/mol. The van der Waals surface area contributed by atoms with Crippen LogP contribution in [0.5, 0.6) is 5.75 Å². The first-order chi connectivity index (χ1) is 7.63. The molecule has 16 heavy (non-hydrogen) atoms. The molecule has 2 nitrogen and oxygen atoms in total. The molecule has 0 unspecified atom stereocenters. The zero-order valence-electron chi connectivity index (χ0n) is 9.92. The SMILES string of the molecule is CCC(CC)C(=O)c1cc(F)ccc1OC. The van der Waals surface area contributed by atoms with E-state index in [9.17, 15) is 9.18 Å². The molecule has 1 rings (SSSR count). The highest BCUT2D eigenvalue weighted by molar-refractivity contribution is 6.00. The fraction of sp³-hybridized carbons (Fsp3) is 0.462. The van der Waals surface area contributed by atoms with Crippen molar-refractivity contribution < 1.29 is 13.9 Å². The monoisotopic (exact) mass is 224 g/mol. The Hall–Kier alpha value is -1.38. The predicted molar refractivity (Wildman–Crippen MR) is 61.4 cm³/mol. The summed E-state index contributed by atoms with van der Waals surface area (Å²) in [5.74, 6) is -0.0644. The third-order valence-corrected chi connectivity index (χ3v) is 2.78. The van der Waals surface area contributed by atoms with E-state index < -0.39 is 5.82 Å². The Labute approximate surface area is 95.4 Å². The summed E-state index contributed by atoms with van der Waals surface area (Å²) in [6, 6.07) is 4.03. The third-order valence-electron chi connectivity index (χ3n) is 2.78. The molecule has 1 aromatic rings. The van der Waals surface area contributed by atoms with Crippen molar-refractivity contribution in [2.75, 3.05) is 7.11 Å². The van der Waals surface area contributed by atoms with Gasteiger partial charge in [-0.3, -0.25) is 4.79 Å². The van der Waals surface area contributed by atoms with E-state index >= 15 is 0 Å². The van der Waals surface area contributed by atoms with Crippen molar-refractivity contribution >= 4 is 5.78 Å². The quantitative estimate of drug-likeness (QED) is 0.716. The molecule has 0 saturated carbocycles. The number of halogens is 1. The molecule has 0 spiro atoms. The first kappa shape index (κ1) is 12.7. The van der Waals surface area contributed by atoms with Crippen LogP contribution in [0.15, 0.2) is 18.2 Å². The maximum absolute atomic E-state index is 13.1. The molecule has 88 valence electrons. The summed E-state index contributed by atoms with van der Waals surface area (Å²) in [4.78, 5) is 12.1. The number of hydrogen-bond acceptors (Lipinski definition) is 2. The van der Waals surface area contributed by atoms with E-state index in [2.05, 4.69) is 0 Å². The van der Waals surface area contributed by atoms with Crippen LogP contribution in [0.4, 0.5) is 4.39 Å². The summed E-state index contributed by atoms with van der Waals surface area (Å²) in [5, 5.41) is 0. The molecule has 0 heterocycles. The van der Waals surface area contributed by atoms with Crippen molar-refractivity contribution in [3.8, 4) is 5.75 Å². The van der Waals surface area contributed by atoms with Crippen molar-refractivity contribution in [3.63, 3.8) is 0 Å². The lowest BCUT2D eigenvalue weighted by atomic mass is 9.92. The van der Waals surface area contributed by atoms with Gasteiger partial charge in [-0.25, -0.2) is 4.39 Å². The Balaban J connectivity index is 3.10. The molecule has 0 bridgehead atoms. The highest BCUT2D eigenvalue weighted by Gasteiger charge is 2.20. The minimum absolute atomic E-state index is 0.0404. The molecule has 0 saturated heterocycles. The van der Waals surface area contributed by atoms with Gasteiger partial charge in [-0.1, -0.05) is 13.8 Å². The number of ketones is 1. The molecule has 0 aliphatic heterocycles. The average Bonchev–Trinajstić information content (AvgIpc) is 2.30. The smallest absolute Gasteiger partial charge is 0.169 e. The highest BCUT2D eigenvalue weighted by Crippen LogP contribution is 2.24. The minimum Gasteiger partial charge on any atom is -0.496 e. The number of hydrogen-bond donors (Lipinski definition) is 0. The number of carbonyl (C=O) groups is 1. The normalized spacial score (nSPS) is 10.6. The van der Waals surface area contributed by atoms with E-state index in [0.717, 1.165) is 12.8 Å². The highest BCUT2D eigenvalue weighted by atomic mass is 19.1. The number of Topliss-reactive ketones (excluding diaryl/α,β-unsaturated/α-hetero) is 1. The number of ether oxygens (including phenoxy) is 1. The average molecular weight is 224 g/mol.